The van der Waals surface area contributed by atoms with Gasteiger partial charge in [0.25, 0.3) is 0 Å². The second-order valence-corrected chi connectivity index (χ2v) is 5.53. The van der Waals surface area contributed by atoms with Crippen LogP contribution in [0.2, 0.25) is 0 Å². The van der Waals surface area contributed by atoms with Crippen LogP contribution in [0.1, 0.15) is 19.8 Å². The minimum absolute atomic E-state index is 0.176. The minimum Gasteiger partial charge on any atom is -0.396 e. The lowest BCUT2D eigenvalue weighted by Gasteiger charge is -2.33. The van der Waals surface area contributed by atoms with Crippen molar-refractivity contribution < 1.29 is 9.90 Å². The number of carbonyl (C=O) groups excluding carboxylic acids is 1. The molecule has 18 heavy (non-hydrogen) atoms. The molecular formula is C13H27N3O2. The summed E-state index contributed by atoms with van der Waals surface area (Å²) >= 11 is 0. The Hall–Kier alpha value is -0.650. The first-order chi connectivity index (χ1) is 8.52. The third-order valence-electron chi connectivity index (χ3n) is 3.51. The number of amides is 1. The molecule has 1 aliphatic rings. The molecule has 2 N–H and O–H groups in total. The molecule has 1 saturated heterocycles. The van der Waals surface area contributed by atoms with Gasteiger partial charge in [-0.2, -0.15) is 0 Å². The molecule has 1 rings (SSSR count). The summed E-state index contributed by atoms with van der Waals surface area (Å²) in [5, 5.41) is 12.5. The fraction of sp³-hybridized carbons (Fsp3) is 0.923. The SMILES string of the molecule is CC(CO)CNC1CCN(CC(=O)N(C)C)CC1. The lowest BCUT2D eigenvalue weighted by atomic mass is 10.0. The second kappa shape index (κ2) is 7.71. The highest BCUT2D eigenvalue weighted by Crippen LogP contribution is 2.10. The van der Waals surface area contributed by atoms with Crippen LogP contribution < -0.4 is 5.32 Å². The fourth-order valence-electron chi connectivity index (χ4n) is 2.06. The lowest BCUT2D eigenvalue weighted by Crippen LogP contribution is -2.46. The van der Waals surface area contributed by atoms with E-state index >= 15 is 0 Å². The number of carbonyl (C=O) groups is 1. The molecule has 1 amide bonds. The predicted octanol–water partition coefficient (Wildman–Crippen LogP) is -0.243. The molecule has 0 aliphatic carbocycles. The highest BCUT2D eigenvalue weighted by Gasteiger charge is 2.21. The summed E-state index contributed by atoms with van der Waals surface area (Å²) in [4.78, 5) is 15.5. The predicted molar refractivity (Wildman–Crippen MR) is 72.4 cm³/mol. The van der Waals surface area contributed by atoms with E-state index in [0.29, 0.717) is 18.5 Å². The van der Waals surface area contributed by atoms with Crippen molar-refractivity contribution in [1.82, 2.24) is 15.1 Å². The highest BCUT2D eigenvalue weighted by molar-refractivity contribution is 5.77. The van der Waals surface area contributed by atoms with E-state index < -0.39 is 0 Å². The van der Waals surface area contributed by atoms with E-state index in [2.05, 4.69) is 10.2 Å². The molecule has 0 aromatic carbocycles. The number of hydrogen-bond donors (Lipinski definition) is 2. The molecular weight excluding hydrogens is 230 g/mol. The average Bonchev–Trinajstić information content (AvgIpc) is 2.37. The van der Waals surface area contributed by atoms with E-state index in [0.717, 1.165) is 32.5 Å². The molecule has 0 bridgehead atoms. The van der Waals surface area contributed by atoms with E-state index in [1.54, 1.807) is 19.0 Å². The van der Waals surface area contributed by atoms with Gasteiger partial charge in [-0.05, 0) is 18.8 Å². The van der Waals surface area contributed by atoms with Crippen LogP contribution in [0.25, 0.3) is 0 Å². The summed E-state index contributed by atoms with van der Waals surface area (Å²) in [6.07, 6.45) is 2.16. The van der Waals surface area contributed by atoms with Gasteiger partial charge in [-0.1, -0.05) is 6.92 Å². The average molecular weight is 257 g/mol. The maximum atomic E-state index is 11.6. The van der Waals surface area contributed by atoms with Crippen LogP contribution in [-0.4, -0.2) is 73.7 Å². The highest BCUT2D eigenvalue weighted by atomic mass is 16.3. The van der Waals surface area contributed by atoms with Crippen molar-refractivity contribution in [2.24, 2.45) is 5.92 Å². The number of nitrogens with one attached hydrogen (secondary N) is 1. The Morgan fingerprint density at radius 3 is 2.56 bits per heavy atom. The van der Waals surface area contributed by atoms with Crippen LogP contribution in [0.3, 0.4) is 0 Å². The lowest BCUT2D eigenvalue weighted by molar-refractivity contribution is -0.130. The van der Waals surface area contributed by atoms with E-state index in [4.69, 9.17) is 5.11 Å². The first-order valence-corrected chi connectivity index (χ1v) is 6.79. The van der Waals surface area contributed by atoms with Crippen LogP contribution in [0.4, 0.5) is 0 Å². The van der Waals surface area contributed by atoms with Crippen LogP contribution in [-0.2, 0) is 4.79 Å². The van der Waals surface area contributed by atoms with Gasteiger partial charge < -0.3 is 15.3 Å². The standard InChI is InChI=1S/C13H27N3O2/c1-11(10-17)8-14-12-4-6-16(7-5-12)9-13(18)15(2)3/h11-12,14,17H,4-10H2,1-3H3. The molecule has 1 fully saturated rings. The van der Waals surface area contributed by atoms with Crippen molar-refractivity contribution in [3.63, 3.8) is 0 Å². The molecule has 106 valence electrons. The van der Waals surface area contributed by atoms with Crippen molar-refractivity contribution in [3.8, 4) is 0 Å². The van der Waals surface area contributed by atoms with Crippen molar-refractivity contribution in [2.45, 2.75) is 25.8 Å². The van der Waals surface area contributed by atoms with Gasteiger partial charge in [0, 0.05) is 46.4 Å². The zero-order valence-corrected chi connectivity index (χ0v) is 11.9. The van der Waals surface area contributed by atoms with E-state index in [1.165, 1.54) is 0 Å². The van der Waals surface area contributed by atoms with Crippen molar-refractivity contribution >= 4 is 5.91 Å². The monoisotopic (exact) mass is 257 g/mol. The summed E-state index contributed by atoms with van der Waals surface area (Å²) in [7, 11) is 3.60. The van der Waals surface area contributed by atoms with Gasteiger partial charge in [0.15, 0.2) is 0 Å². The van der Waals surface area contributed by atoms with Gasteiger partial charge in [0.05, 0.1) is 6.54 Å². The van der Waals surface area contributed by atoms with Crippen molar-refractivity contribution in [2.75, 3.05) is 46.9 Å². The van der Waals surface area contributed by atoms with E-state index in [-0.39, 0.29) is 12.5 Å². The number of nitrogens with zero attached hydrogens (tertiary/aromatic N) is 2. The van der Waals surface area contributed by atoms with Crippen molar-refractivity contribution in [3.05, 3.63) is 0 Å². The number of rotatable bonds is 6. The molecule has 5 heteroatoms. The van der Waals surface area contributed by atoms with Crippen LogP contribution in [0.15, 0.2) is 0 Å². The number of hydrogen-bond acceptors (Lipinski definition) is 4. The van der Waals surface area contributed by atoms with Gasteiger partial charge in [0.1, 0.15) is 0 Å². The van der Waals surface area contributed by atoms with E-state index in [1.807, 2.05) is 6.92 Å². The molecule has 0 saturated carbocycles. The summed E-state index contributed by atoms with van der Waals surface area (Å²) < 4.78 is 0. The molecule has 0 radical (unpaired) electrons. The Kier molecular flexibility index (Phi) is 6.60. The summed E-state index contributed by atoms with van der Waals surface area (Å²) in [5.41, 5.74) is 0. The van der Waals surface area contributed by atoms with Gasteiger partial charge in [-0.25, -0.2) is 0 Å². The Balaban J connectivity index is 2.18. The number of likely N-dealkylation sites (tertiary alicyclic amines) is 1. The van der Waals surface area contributed by atoms with Gasteiger partial charge in [-0.3, -0.25) is 9.69 Å². The quantitative estimate of drug-likeness (QED) is 0.689. The Morgan fingerprint density at radius 1 is 1.44 bits per heavy atom. The second-order valence-electron chi connectivity index (χ2n) is 5.53. The van der Waals surface area contributed by atoms with Gasteiger partial charge >= 0.3 is 0 Å². The minimum atomic E-state index is 0.176. The summed E-state index contributed by atoms with van der Waals surface area (Å²) in [5.74, 6) is 0.494. The summed E-state index contributed by atoms with van der Waals surface area (Å²) in [6.45, 7) is 5.64. The normalized spacial score (nSPS) is 19.8. The number of piperidine rings is 1. The molecule has 1 atom stereocenters. The molecule has 0 spiro atoms. The molecule has 1 aliphatic heterocycles. The zero-order chi connectivity index (χ0) is 13.5. The third-order valence-corrected chi connectivity index (χ3v) is 3.51. The molecule has 1 unspecified atom stereocenters. The largest absolute Gasteiger partial charge is 0.396 e. The van der Waals surface area contributed by atoms with Gasteiger partial charge in [0.2, 0.25) is 5.91 Å². The molecule has 0 aromatic rings. The van der Waals surface area contributed by atoms with Gasteiger partial charge in [-0.15, -0.1) is 0 Å². The first kappa shape index (κ1) is 15.4. The summed E-state index contributed by atoms with van der Waals surface area (Å²) in [6, 6.07) is 0.532. The Morgan fingerprint density at radius 2 is 2.06 bits per heavy atom. The molecule has 1 heterocycles. The first-order valence-electron chi connectivity index (χ1n) is 6.79. The third kappa shape index (κ3) is 5.33. The molecule has 5 nitrogen and oxygen atoms in total. The number of aliphatic hydroxyl groups is 1. The zero-order valence-electron chi connectivity index (χ0n) is 11.9. The maximum absolute atomic E-state index is 11.6. The Labute approximate surface area is 110 Å². The van der Waals surface area contributed by atoms with Crippen LogP contribution in [0, 0.1) is 5.92 Å². The fourth-order valence-corrected chi connectivity index (χ4v) is 2.06. The van der Waals surface area contributed by atoms with Crippen molar-refractivity contribution in [1.29, 1.82) is 0 Å². The Bertz CT molecular complexity index is 251. The maximum Gasteiger partial charge on any atom is 0.236 e. The van der Waals surface area contributed by atoms with E-state index in [9.17, 15) is 4.79 Å². The topological polar surface area (TPSA) is 55.8 Å². The van der Waals surface area contributed by atoms with Crippen LogP contribution in [0.5, 0.6) is 0 Å². The number of aliphatic hydroxyl groups excluding tert-OH is 1. The molecule has 0 aromatic heterocycles. The smallest absolute Gasteiger partial charge is 0.236 e. The number of likely N-dealkylation sites (N-methyl/N-ethyl adjacent to an activating group) is 1. The van der Waals surface area contributed by atoms with Crippen LogP contribution >= 0.6 is 0 Å².